The third kappa shape index (κ3) is 2.95. The predicted molar refractivity (Wildman–Crippen MR) is 81.9 cm³/mol. The highest BCUT2D eigenvalue weighted by atomic mass is 15.2. The van der Waals surface area contributed by atoms with Crippen LogP contribution in [0, 0.1) is 0 Å². The molecule has 1 aromatic heterocycles. The number of benzene rings is 1. The zero-order chi connectivity index (χ0) is 13.7. The molecule has 0 spiro atoms. The Hall–Kier alpha value is -1.84. The molecule has 0 bridgehead atoms. The van der Waals surface area contributed by atoms with Gasteiger partial charge in [0.05, 0.1) is 5.52 Å². The fourth-order valence-corrected chi connectivity index (χ4v) is 2.14. The molecule has 1 aromatic carbocycles. The van der Waals surface area contributed by atoms with E-state index in [2.05, 4.69) is 47.0 Å². The van der Waals surface area contributed by atoms with E-state index >= 15 is 0 Å². The van der Waals surface area contributed by atoms with Crippen molar-refractivity contribution in [2.45, 2.75) is 27.2 Å². The molecule has 19 heavy (non-hydrogen) atoms. The fourth-order valence-electron chi connectivity index (χ4n) is 2.14. The van der Waals surface area contributed by atoms with Gasteiger partial charge in [0.15, 0.2) is 0 Å². The van der Waals surface area contributed by atoms with Crippen molar-refractivity contribution in [3.8, 4) is 0 Å². The summed E-state index contributed by atoms with van der Waals surface area (Å²) in [5, 5.41) is 4.40. The van der Waals surface area contributed by atoms with E-state index in [1.165, 1.54) is 0 Å². The molecule has 0 unspecified atom stereocenters. The topological polar surface area (TPSA) is 41.1 Å². The quantitative estimate of drug-likeness (QED) is 0.863. The second-order valence-corrected chi connectivity index (χ2v) is 4.49. The number of anilines is 2. The molecule has 0 aliphatic carbocycles. The fraction of sp³-hybridized carbons (Fsp3) is 0.467. The van der Waals surface area contributed by atoms with Crippen molar-refractivity contribution in [3.63, 3.8) is 0 Å². The standard InChI is InChI=1S/C15H22N4/c1-4-11-16-15-17-13-10-8-7-9-12(13)14(18-15)19(5-2)6-3/h7-10H,4-6,11H2,1-3H3,(H,16,17,18). The van der Waals surface area contributed by atoms with Crippen LogP contribution in [0.4, 0.5) is 11.8 Å². The minimum absolute atomic E-state index is 0.724. The van der Waals surface area contributed by atoms with E-state index in [4.69, 9.17) is 0 Å². The van der Waals surface area contributed by atoms with Crippen LogP contribution in [-0.4, -0.2) is 29.6 Å². The van der Waals surface area contributed by atoms with Crippen LogP contribution in [0.1, 0.15) is 27.2 Å². The Balaban J connectivity index is 2.51. The van der Waals surface area contributed by atoms with E-state index in [1.807, 2.05) is 18.2 Å². The van der Waals surface area contributed by atoms with E-state index in [1.54, 1.807) is 0 Å². The molecular formula is C15H22N4. The molecule has 2 aromatic rings. The smallest absolute Gasteiger partial charge is 0.225 e. The summed E-state index contributed by atoms with van der Waals surface area (Å²) in [5.41, 5.74) is 0.998. The number of nitrogens with one attached hydrogen (secondary N) is 1. The first kappa shape index (κ1) is 13.6. The summed E-state index contributed by atoms with van der Waals surface area (Å²) >= 11 is 0. The van der Waals surface area contributed by atoms with Gasteiger partial charge in [0.1, 0.15) is 5.82 Å². The minimum atomic E-state index is 0.724. The maximum absolute atomic E-state index is 4.68. The largest absolute Gasteiger partial charge is 0.356 e. The van der Waals surface area contributed by atoms with E-state index in [9.17, 15) is 0 Å². The maximum atomic E-state index is 4.68. The molecule has 0 saturated heterocycles. The summed E-state index contributed by atoms with van der Waals surface area (Å²) in [7, 11) is 0. The summed E-state index contributed by atoms with van der Waals surface area (Å²) in [6, 6.07) is 8.19. The van der Waals surface area contributed by atoms with Crippen LogP contribution in [0.15, 0.2) is 24.3 Å². The monoisotopic (exact) mass is 258 g/mol. The number of fused-ring (bicyclic) bond motifs is 1. The van der Waals surface area contributed by atoms with Crippen LogP contribution in [0.2, 0.25) is 0 Å². The number of hydrogen-bond donors (Lipinski definition) is 1. The van der Waals surface area contributed by atoms with Gasteiger partial charge in [-0.05, 0) is 32.4 Å². The molecule has 0 aliphatic rings. The summed E-state index contributed by atoms with van der Waals surface area (Å²) in [5.74, 6) is 1.75. The number of aromatic nitrogens is 2. The van der Waals surface area contributed by atoms with Gasteiger partial charge >= 0.3 is 0 Å². The summed E-state index contributed by atoms with van der Waals surface area (Å²) in [6.07, 6.45) is 1.07. The highest BCUT2D eigenvalue weighted by Gasteiger charge is 2.11. The number of hydrogen-bond acceptors (Lipinski definition) is 4. The molecule has 0 fully saturated rings. The van der Waals surface area contributed by atoms with Crippen LogP contribution in [0.25, 0.3) is 10.9 Å². The van der Waals surface area contributed by atoms with E-state index in [0.29, 0.717) is 0 Å². The highest BCUT2D eigenvalue weighted by molar-refractivity contribution is 5.90. The second-order valence-electron chi connectivity index (χ2n) is 4.49. The first-order valence-corrected chi connectivity index (χ1v) is 7.05. The van der Waals surface area contributed by atoms with Gasteiger partial charge in [-0.2, -0.15) is 4.98 Å². The third-order valence-corrected chi connectivity index (χ3v) is 3.18. The number of rotatable bonds is 6. The molecule has 0 amide bonds. The molecule has 0 radical (unpaired) electrons. The Kier molecular flexibility index (Phi) is 4.55. The summed E-state index contributed by atoms with van der Waals surface area (Å²) < 4.78 is 0. The van der Waals surface area contributed by atoms with Gasteiger partial charge in [0.25, 0.3) is 0 Å². The lowest BCUT2D eigenvalue weighted by atomic mass is 10.2. The average Bonchev–Trinajstić information content (AvgIpc) is 2.46. The van der Waals surface area contributed by atoms with Gasteiger partial charge in [-0.15, -0.1) is 0 Å². The minimum Gasteiger partial charge on any atom is -0.356 e. The predicted octanol–water partition coefficient (Wildman–Crippen LogP) is 3.30. The molecule has 4 nitrogen and oxygen atoms in total. The molecule has 0 saturated carbocycles. The zero-order valence-corrected chi connectivity index (χ0v) is 12.0. The maximum Gasteiger partial charge on any atom is 0.225 e. The Bertz CT molecular complexity index is 535. The van der Waals surface area contributed by atoms with Gasteiger partial charge in [0, 0.05) is 25.0 Å². The Morgan fingerprint density at radius 2 is 1.79 bits per heavy atom. The van der Waals surface area contributed by atoms with Crippen molar-refractivity contribution in [2.24, 2.45) is 0 Å². The normalized spacial score (nSPS) is 10.7. The second kappa shape index (κ2) is 6.36. The van der Waals surface area contributed by atoms with Crippen molar-refractivity contribution in [1.29, 1.82) is 0 Å². The van der Waals surface area contributed by atoms with Crippen molar-refractivity contribution in [1.82, 2.24) is 9.97 Å². The molecule has 0 aliphatic heterocycles. The van der Waals surface area contributed by atoms with Gasteiger partial charge in [-0.1, -0.05) is 19.1 Å². The van der Waals surface area contributed by atoms with Gasteiger partial charge in [-0.3, -0.25) is 0 Å². The molecular weight excluding hydrogens is 236 g/mol. The first-order chi connectivity index (χ1) is 9.30. The SMILES string of the molecule is CCCNc1nc(N(CC)CC)c2ccccc2n1. The van der Waals surface area contributed by atoms with Gasteiger partial charge < -0.3 is 10.2 Å². The molecule has 1 heterocycles. The third-order valence-electron chi connectivity index (χ3n) is 3.18. The van der Waals surface area contributed by atoms with Gasteiger partial charge in [-0.25, -0.2) is 4.98 Å². The van der Waals surface area contributed by atoms with Crippen LogP contribution < -0.4 is 10.2 Å². The molecule has 2 rings (SSSR count). The van der Waals surface area contributed by atoms with Crippen LogP contribution in [0.5, 0.6) is 0 Å². The highest BCUT2D eigenvalue weighted by Crippen LogP contribution is 2.24. The van der Waals surface area contributed by atoms with E-state index < -0.39 is 0 Å². The Morgan fingerprint density at radius 1 is 1.05 bits per heavy atom. The zero-order valence-electron chi connectivity index (χ0n) is 12.0. The molecule has 4 heteroatoms. The molecule has 102 valence electrons. The van der Waals surface area contributed by atoms with Crippen molar-refractivity contribution in [3.05, 3.63) is 24.3 Å². The lowest BCUT2D eigenvalue weighted by molar-refractivity contribution is 0.847. The van der Waals surface area contributed by atoms with E-state index in [-0.39, 0.29) is 0 Å². The Labute approximate surface area is 114 Å². The lowest BCUT2D eigenvalue weighted by Crippen LogP contribution is -2.24. The number of nitrogens with zero attached hydrogens (tertiary/aromatic N) is 3. The van der Waals surface area contributed by atoms with Crippen molar-refractivity contribution >= 4 is 22.7 Å². The van der Waals surface area contributed by atoms with Crippen LogP contribution in [0.3, 0.4) is 0 Å². The van der Waals surface area contributed by atoms with Crippen molar-refractivity contribution in [2.75, 3.05) is 29.9 Å². The molecule has 1 N–H and O–H groups in total. The van der Waals surface area contributed by atoms with E-state index in [0.717, 1.165) is 48.7 Å². The summed E-state index contributed by atoms with van der Waals surface area (Å²) in [6.45, 7) is 9.24. The number of para-hydroxylation sites is 1. The van der Waals surface area contributed by atoms with Crippen LogP contribution >= 0.6 is 0 Å². The average molecular weight is 258 g/mol. The van der Waals surface area contributed by atoms with Gasteiger partial charge in [0.2, 0.25) is 5.95 Å². The van der Waals surface area contributed by atoms with Crippen molar-refractivity contribution < 1.29 is 0 Å². The lowest BCUT2D eigenvalue weighted by Gasteiger charge is -2.22. The van der Waals surface area contributed by atoms with Crippen LogP contribution in [-0.2, 0) is 0 Å². The first-order valence-electron chi connectivity index (χ1n) is 7.05. The Morgan fingerprint density at radius 3 is 2.47 bits per heavy atom. The molecule has 0 atom stereocenters. The summed E-state index contributed by atoms with van der Waals surface area (Å²) in [4.78, 5) is 11.5.